The molecule has 0 saturated heterocycles. The van der Waals surface area contributed by atoms with Gasteiger partial charge in [-0.05, 0) is 23.3 Å². The van der Waals surface area contributed by atoms with E-state index in [1.54, 1.807) is 10.9 Å². The third kappa shape index (κ3) is 3.90. The summed E-state index contributed by atoms with van der Waals surface area (Å²) in [6, 6.07) is 16.2. The van der Waals surface area contributed by atoms with Crippen LogP contribution in [0.4, 0.5) is 0 Å². The van der Waals surface area contributed by atoms with Gasteiger partial charge in [0.25, 0.3) is 0 Å². The van der Waals surface area contributed by atoms with E-state index in [2.05, 4.69) is 45.8 Å². The minimum atomic E-state index is 0.797. The Balaban J connectivity index is 1.47. The lowest BCUT2D eigenvalue weighted by atomic mass is 10.2. The van der Waals surface area contributed by atoms with E-state index in [4.69, 9.17) is 0 Å². The molecule has 110 valence electrons. The first-order chi connectivity index (χ1) is 10.9. The molecule has 0 radical (unpaired) electrons. The summed E-state index contributed by atoms with van der Waals surface area (Å²) in [5.41, 5.74) is 2.37. The normalized spacial score (nSPS) is 11.1. The van der Waals surface area contributed by atoms with Crippen molar-refractivity contribution in [2.24, 2.45) is 0 Å². The SMILES string of the molecule is C(=Cc1ccccc1)CNCc1ccc(-n2cccn2)nc1. The summed E-state index contributed by atoms with van der Waals surface area (Å²) < 4.78 is 1.75. The quantitative estimate of drug-likeness (QED) is 0.709. The molecular formula is C18H18N4. The Hall–Kier alpha value is -2.72. The minimum Gasteiger partial charge on any atom is -0.309 e. The van der Waals surface area contributed by atoms with Crippen LogP contribution in [-0.4, -0.2) is 21.3 Å². The first kappa shape index (κ1) is 14.2. The number of aromatic nitrogens is 3. The number of rotatable bonds is 6. The van der Waals surface area contributed by atoms with Crippen molar-refractivity contribution >= 4 is 6.08 Å². The molecule has 0 bridgehead atoms. The zero-order valence-electron chi connectivity index (χ0n) is 12.3. The molecular weight excluding hydrogens is 272 g/mol. The van der Waals surface area contributed by atoms with Gasteiger partial charge < -0.3 is 5.32 Å². The van der Waals surface area contributed by atoms with E-state index in [1.807, 2.05) is 42.7 Å². The van der Waals surface area contributed by atoms with Crippen molar-refractivity contribution in [3.05, 3.63) is 84.3 Å². The Kier molecular flexibility index (Phi) is 4.74. The molecule has 4 nitrogen and oxygen atoms in total. The van der Waals surface area contributed by atoms with Crippen LogP contribution in [0.25, 0.3) is 11.9 Å². The van der Waals surface area contributed by atoms with Crippen molar-refractivity contribution in [3.63, 3.8) is 0 Å². The second-order valence-corrected chi connectivity index (χ2v) is 4.92. The van der Waals surface area contributed by atoms with E-state index in [0.29, 0.717) is 0 Å². The largest absolute Gasteiger partial charge is 0.309 e. The van der Waals surface area contributed by atoms with Gasteiger partial charge in [-0.15, -0.1) is 0 Å². The number of hydrogen-bond donors (Lipinski definition) is 1. The maximum Gasteiger partial charge on any atom is 0.153 e. The van der Waals surface area contributed by atoms with Gasteiger partial charge in [-0.25, -0.2) is 9.67 Å². The fourth-order valence-electron chi connectivity index (χ4n) is 2.12. The molecule has 3 rings (SSSR count). The highest BCUT2D eigenvalue weighted by Crippen LogP contribution is 2.04. The third-order valence-corrected chi connectivity index (χ3v) is 3.25. The van der Waals surface area contributed by atoms with Crippen molar-refractivity contribution in [3.8, 4) is 5.82 Å². The molecule has 0 aliphatic rings. The minimum absolute atomic E-state index is 0.797. The molecule has 2 heterocycles. The fraction of sp³-hybridized carbons (Fsp3) is 0.111. The van der Waals surface area contributed by atoms with Crippen LogP contribution in [0.3, 0.4) is 0 Å². The van der Waals surface area contributed by atoms with Crippen molar-refractivity contribution in [1.29, 1.82) is 0 Å². The summed E-state index contributed by atoms with van der Waals surface area (Å²) in [5, 5.41) is 7.54. The Morgan fingerprint density at radius 1 is 1.05 bits per heavy atom. The molecule has 1 aromatic carbocycles. The molecule has 4 heteroatoms. The summed E-state index contributed by atoms with van der Waals surface area (Å²) in [5.74, 6) is 0.831. The highest BCUT2D eigenvalue weighted by atomic mass is 15.3. The molecule has 0 aliphatic heterocycles. The molecule has 0 amide bonds. The topological polar surface area (TPSA) is 42.7 Å². The maximum absolute atomic E-state index is 4.41. The van der Waals surface area contributed by atoms with Gasteiger partial charge in [0.2, 0.25) is 0 Å². The molecule has 0 unspecified atom stereocenters. The van der Waals surface area contributed by atoms with E-state index in [-0.39, 0.29) is 0 Å². The highest BCUT2D eigenvalue weighted by molar-refractivity contribution is 5.48. The van der Waals surface area contributed by atoms with Gasteiger partial charge in [0.05, 0.1) is 0 Å². The lowest BCUT2D eigenvalue weighted by Crippen LogP contribution is -2.13. The van der Waals surface area contributed by atoms with Crippen molar-refractivity contribution in [2.75, 3.05) is 6.54 Å². The van der Waals surface area contributed by atoms with Crippen LogP contribution >= 0.6 is 0 Å². The zero-order chi connectivity index (χ0) is 15.0. The lowest BCUT2D eigenvalue weighted by Gasteiger charge is -2.04. The lowest BCUT2D eigenvalue weighted by molar-refractivity contribution is 0.754. The third-order valence-electron chi connectivity index (χ3n) is 3.25. The van der Waals surface area contributed by atoms with Gasteiger partial charge in [-0.2, -0.15) is 5.10 Å². The predicted molar refractivity (Wildman–Crippen MR) is 88.5 cm³/mol. The van der Waals surface area contributed by atoms with Crippen LogP contribution in [0.2, 0.25) is 0 Å². The number of nitrogens with zero attached hydrogens (tertiary/aromatic N) is 3. The summed E-state index contributed by atoms with van der Waals surface area (Å²) in [6.07, 6.45) is 9.75. The van der Waals surface area contributed by atoms with Gasteiger partial charge >= 0.3 is 0 Å². The zero-order valence-corrected chi connectivity index (χ0v) is 12.3. The standard InChI is InChI=1S/C18H18N4/c1-2-6-16(7-3-1)8-4-11-19-14-17-9-10-18(20-15-17)22-13-5-12-21-22/h1-10,12-13,15,19H,11,14H2. The molecule has 2 aromatic heterocycles. The van der Waals surface area contributed by atoms with E-state index >= 15 is 0 Å². The smallest absolute Gasteiger partial charge is 0.153 e. The molecule has 3 aromatic rings. The van der Waals surface area contributed by atoms with Crippen LogP contribution in [0.1, 0.15) is 11.1 Å². The first-order valence-corrected chi connectivity index (χ1v) is 7.29. The second kappa shape index (κ2) is 7.33. The van der Waals surface area contributed by atoms with Gasteiger partial charge in [0, 0.05) is 31.7 Å². The van der Waals surface area contributed by atoms with Gasteiger partial charge in [-0.3, -0.25) is 0 Å². The summed E-state index contributed by atoms with van der Waals surface area (Å²) in [4.78, 5) is 4.41. The van der Waals surface area contributed by atoms with Crippen molar-refractivity contribution < 1.29 is 0 Å². The van der Waals surface area contributed by atoms with Crippen LogP contribution in [0.5, 0.6) is 0 Å². The van der Waals surface area contributed by atoms with Crippen LogP contribution in [0.15, 0.2) is 73.2 Å². The number of benzene rings is 1. The summed E-state index contributed by atoms with van der Waals surface area (Å²) in [6.45, 7) is 1.63. The molecule has 0 aliphatic carbocycles. The summed E-state index contributed by atoms with van der Waals surface area (Å²) in [7, 11) is 0. The molecule has 0 spiro atoms. The molecule has 22 heavy (non-hydrogen) atoms. The molecule has 1 N–H and O–H groups in total. The maximum atomic E-state index is 4.41. The van der Waals surface area contributed by atoms with Gasteiger partial charge in [0.1, 0.15) is 0 Å². The van der Waals surface area contributed by atoms with E-state index in [0.717, 1.165) is 24.5 Å². The average Bonchev–Trinajstić information content (AvgIpc) is 3.11. The van der Waals surface area contributed by atoms with Crippen molar-refractivity contribution in [1.82, 2.24) is 20.1 Å². The van der Waals surface area contributed by atoms with E-state index in [1.165, 1.54) is 5.56 Å². The Bertz CT molecular complexity index is 701. The van der Waals surface area contributed by atoms with Crippen LogP contribution in [-0.2, 0) is 6.54 Å². The fourth-order valence-corrected chi connectivity index (χ4v) is 2.12. The second-order valence-electron chi connectivity index (χ2n) is 4.92. The van der Waals surface area contributed by atoms with Crippen LogP contribution in [0, 0.1) is 0 Å². The summed E-state index contributed by atoms with van der Waals surface area (Å²) >= 11 is 0. The molecule has 0 fully saturated rings. The molecule has 0 atom stereocenters. The highest BCUT2D eigenvalue weighted by Gasteiger charge is 1.98. The van der Waals surface area contributed by atoms with Crippen LogP contribution < -0.4 is 5.32 Å². The molecule has 0 saturated carbocycles. The predicted octanol–water partition coefficient (Wildman–Crippen LogP) is 3.07. The number of pyridine rings is 1. The average molecular weight is 290 g/mol. The van der Waals surface area contributed by atoms with E-state index in [9.17, 15) is 0 Å². The Morgan fingerprint density at radius 2 is 1.95 bits per heavy atom. The van der Waals surface area contributed by atoms with Gasteiger partial charge in [-0.1, -0.05) is 48.6 Å². The Labute approximate surface area is 130 Å². The van der Waals surface area contributed by atoms with E-state index < -0.39 is 0 Å². The first-order valence-electron chi connectivity index (χ1n) is 7.29. The van der Waals surface area contributed by atoms with Gasteiger partial charge in [0.15, 0.2) is 5.82 Å². The Morgan fingerprint density at radius 3 is 2.68 bits per heavy atom. The van der Waals surface area contributed by atoms with Crippen molar-refractivity contribution in [2.45, 2.75) is 6.54 Å². The number of nitrogens with one attached hydrogen (secondary N) is 1. The number of hydrogen-bond acceptors (Lipinski definition) is 3. The monoisotopic (exact) mass is 290 g/mol.